The van der Waals surface area contributed by atoms with E-state index in [0.717, 1.165) is 12.2 Å². The van der Waals surface area contributed by atoms with E-state index in [1.807, 2.05) is 42.1 Å². The molecule has 0 unspecified atom stereocenters. The van der Waals surface area contributed by atoms with Gasteiger partial charge in [0.15, 0.2) is 0 Å². The highest BCUT2D eigenvalue weighted by molar-refractivity contribution is 8.00. The van der Waals surface area contributed by atoms with Crippen molar-refractivity contribution in [3.05, 3.63) is 30.3 Å². The molecule has 0 bridgehead atoms. The van der Waals surface area contributed by atoms with Crippen molar-refractivity contribution < 1.29 is 4.79 Å². The van der Waals surface area contributed by atoms with Crippen molar-refractivity contribution in [1.29, 1.82) is 0 Å². The summed E-state index contributed by atoms with van der Waals surface area (Å²) < 4.78 is 0.382. The van der Waals surface area contributed by atoms with Gasteiger partial charge in [-0.15, -0.1) is 0 Å². The van der Waals surface area contributed by atoms with Crippen LogP contribution in [0.15, 0.2) is 30.3 Å². The molecule has 0 radical (unpaired) electrons. The van der Waals surface area contributed by atoms with Crippen LogP contribution in [0.1, 0.15) is 19.3 Å². The standard InChI is InChI=1S/C14H20N2OS/c1-18-14(8-5-9-14)11-15-10-13(17)16-12-6-3-2-4-7-12/h2-4,6-7,15H,5,8-11H2,1H3,(H,16,17). The van der Waals surface area contributed by atoms with E-state index >= 15 is 0 Å². The molecule has 1 fully saturated rings. The highest BCUT2D eigenvalue weighted by Gasteiger charge is 2.35. The minimum atomic E-state index is 0.0248. The van der Waals surface area contributed by atoms with Crippen LogP contribution in [0.5, 0.6) is 0 Å². The van der Waals surface area contributed by atoms with Gasteiger partial charge in [0.05, 0.1) is 6.54 Å². The summed E-state index contributed by atoms with van der Waals surface area (Å²) in [7, 11) is 0. The number of benzene rings is 1. The molecule has 98 valence electrons. The molecule has 1 aromatic rings. The van der Waals surface area contributed by atoms with Crippen molar-refractivity contribution in [2.24, 2.45) is 0 Å². The van der Waals surface area contributed by atoms with Gasteiger partial charge in [-0.05, 0) is 31.2 Å². The molecule has 0 saturated heterocycles. The average molecular weight is 264 g/mol. The van der Waals surface area contributed by atoms with Crippen LogP contribution in [-0.2, 0) is 4.79 Å². The lowest BCUT2D eigenvalue weighted by Crippen LogP contribution is -2.45. The Morgan fingerprint density at radius 2 is 2.06 bits per heavy atom. The Kier molecular flexibility index (Phi) is 4.66. The lowest BCUT2D eigenvalue weighted by atomic mass is 9.84. The van der Waals surface area contributed by atoms with Gasteiger partial charge < -0.3 is 10.6 Å². The summed E-state index contributed by atoms with van der Waals surface area (Å²) in [6.45, 7) is 1.31. The summed E-state index contributed by atoms with van der Waals surface area (Å²) in [5, 5.41) is 6.14. The van der Waals surface area contributed by atoms with Crippen molar-refractivity contribution in [2.45, 2.75) is 24.0 Å². The first-order valence-electron chi connectivity index (χ1n) is 6.35. The first kappa shape index (κ1) is 13.4. The second-order valence-corrected chi connectivity index (χ2v) is 6.03. The maximum absolute atomic E-state index is 11.7. The van der Waals surface area contributed by atoms with Crippen molar-refractivity contribution >= 4 is 23.4 Å². The van der Waals surface area contributed by atoms with Crippen LogP contribution in [-0.4, -0.2) is 30.0 Å². The molecule has 1 amide bonds. The SMILES string of the molecule is CSC1(CNCC(=O)Nc2ccccc2)CCC1. The van der Waals surface area contributed by atoms with Gasteiger partial charge in [0.2, 0.25) is 5.91 Å². The number of anilines is 1. The average Bonchev–Trinajstić information content (AvgIpc) is 2.34. The number of rotatable bonds is 6. The van der Waals surface area contributed by atoms with Crippen LogP contribution in [0.3, 0.4) is 0 Å². The van der Waals surface area contributed by atoms with Gasteiger partial charge in [0.1, 0.15) is 0 Å². The minimum Gasteiger partial charge on any atom is -0.325 e. The van der Waals surface area contributed by atoms with Gasteiger partial charge in [-0.2, -0.15) is 11.8 Å². The summed E-state index contributed by atoms with van der Waals surface area (Å²) in [4.78, 5) is 11.7. The molecular formula is C14H20N2OS. The Bertz CT molecular complexity index is 385. The lowest BCUT2D eigenvalue weighted by molar-refractivity contribution is -0.115. The van der Waals surface area contributed by atoms with Gasteiger partial charge in [-0.1, -0.05) is 24.6 Å². The quantitative estimate of drug-likeness (QED) is 0.829. The highest BCUT2D eigenvalue weighted by Crippen LogP contribution is 2.42. The molecule has 1 saturated carbocycles. The summed E-state index contributed by atoms with van der Waals surface area (Å²) in [5.74, 6) is 0.0248. The summed E-state index contributed by atoms with van der Waals surface area (Å²) in [6.07, 6.45) is 6.01. The van der Waals surface area contributed by atoms with E-state index in [2.05, 4.69) is 16.9 Å². The van der Waals surface area contributed by atoms with Crippen molar-refractivity contribution in [3.8, 4) is 0 Å². The monoisotopic (exact) mass is 264 g/mol. The van der Waals surface area contributed by atoms with Crippen LogP contribution in [0.25, 0.3) is 0 Å². The van der Waals surface area contributed by atoms with E-state index in [1.54, 1.807) is 0 Å². The van der Waals surface area contributed by atoms with Crippen LogP contribution in [0.4, 0.5) is 5.69 Å². The zero-order valence-electron chi connectivity index (χ0n) is 10.7. The van der Waals surface area contributed by atoms with Crippen LogP contribution >= 0.6 is 11.8 Å². The zero-order chi connectivity index (χ0) is 12.8. The Labute approximate surface area is 113 Å². The molecule has 3 nitrogen and oxygen atoms in total. The summed E-state index contributed by atoms with van der Waals surface area (Å²) >= 11 is 1.92. The topological polar surface area (TPSA) is 41.1 Å². The van der Waals surface area contributed by atoms with E-state index in [0.29, 0.717) is 11.3 Å². The number of para-hydroxylation sites is 1. The third kappa shape index (κ3) is 3.50. The minimum absolute atomic E-state index is 0.0248. The van der Waals surface area contributed by atoms with Crippen LogP contribution in [0, 0.1) is 0 Å². The predicted octanol–water partition coefficient (Wildman–Crippen LogP) is 2.50. The van der Waals surface area contributed by atoms with Gasteiger partial charge in [0.25, 0.3) is 0 Å². The Balaban J connectivity index is 1.69. The predicted molar refractivity (Wildman–Crippen MR) is 78.0 cm³/mol. The van der Waals surface area contributed by atoms with Crippen molar-refractivity contribution in [1.82, 2.24) is 5.32 Å². The number of thioether (sulfide) groups is 1. The van der Waals surface area contributed by atoms with Gasteiger partial charge in [-0.25, -0.2) is 0 Å². The molecule has 1 aliphatic rings. The zero-order valence-corrected chi connectivity index (χ0v) is 11.6. The second-order valence-electron chi connectivity index (χ2n) is 4.76. The first-order valence-corrected chi connectivity index (χ1v) is 7.57. The molecule has 0 atom stereocenters. The fourth-order valence-electron chi connectivity index (χ4n) is 2.15. The fourth-order valence-corrected chi connectivity index (χ4v) is 3.10. The second kappa shape index (κ2) is 6.25. The molecular weight excluding hydrogens is 244 g/mol. The molecule has 0 aromatic heterocycles. The summed E-state index contributed by atoms with van der Waals surface area (Å²) in [6, 6.07) is 9.56. The van der Waals surface area contributed by atoms with E-state index in [-0.39, 0.29) is 5.91 Å². The van der Waals surface area contributed by atoms with Gasteiger partial charge >= 0.3 is 0 Å². The van der Waals surface area contributed by atoms with Crippen LogP contribution < -0.4 is 10.6 Å². The maximum atomic E-state index is 11.7. The van der Waals surface area contributed by atoms with E-state index in [1.165, 1.54) is 19.3 Å². The number of hydrogen-bond acceptors (Lipinski definition) is 3. The van der Waals surface area contributed by atoms with Crippen LogP contribution in [0.2, 0.25) is 0 Å². The number of hydrogen-bond donors (Lipinski definition) is 2. The Hall–Kier alpha value is -1.00. The molecule has 0 spiro atoms. The van der Waals surface area contributed by atoms with Gasteiger partial charge in [0, 0.05) is 17.0 Å². The molecule has 2 N–H and O–H groups in total. The van der Waals surface area contributed by atoms with Gasteiger partial charge in [-0.3, -0.25) is 4.79 Å². The Morgan fingerprint density at radius 1 is 1.33 bits per heavy atom. The van der Waals surface area contributed by atoms with E-state index in [4.69, 9.17) is 0 Å². The third-order valence-electron chi connectivity index (χ3n) is 3.49. The highest BCUT2D eigenvalue weighted by atomic mass is 32.2. The van der Waals surface area contributed by atoms with E-state index < -0.39 is 0 Å². The molecule has 0 aliphatic heterocycles. The van der Waals surface area contributed by atoms with Crippen molar-refractivity contribution in [2.75, 3.05) is 24.7 Å². The number of carbonyl (C=O) groups excluding carboxylic acids is 1. The lowest BCUT2D eigenvalue weighted by Gasteiger charge is -2.40. The normalized spacial score (nSPS) is 16.9. The molecule has 18 heavy (non-hydrogen) atoms. The molecule has 4 heteroatoms. The molecule has 2 rings (SSSR count). The number of amides is 1. The van der Waals surface area contributed by atoms with Crippen molar-refractivity contribution in [3.63, 3.8) is 0 Å². The summed E-state index contributed by atoms with van der Waals surface area (Å²) in [5.41, 5.74) is 0.854. The fraction of sp³-hybridized carbons (Fsp3) is 0.500. The number of carbonyl (C=O) groups is 1. The van der Waals surface area contributed by atoms with E-state index in [9.17, 15) is 4.79 Å². The Morgan fingerprint density at radius 3 is 2.61 bits per heavy atom. The molecule has 1 aromatic carbocycles. The molecule has 1 aliphatic carbocycles. The number of nitrogens with one attached hydrogen (secondary N) is 2. The third-order valence-corrected chi connectivity index (χ3v) is 4.91. The smallest absolute Gasteiger partial charge is 0.238 e. The largest absolute Gasteiger partial charge is 0.325 e. The maximum Gasteiger partial charge on any atom is 0.238 e. The first-order chi connectivity index (χ1) is 8.74. The molecule has 0 heterocycles.